The Morgan fingerprint density at radius 2 is 1.53 bits per heavy atom. The summed E-state index contributed by atoms with van der Waals surface area (Å²) in [6, 6.07) is 1.48. The van der Waals surface area contributed by atoms with Gasteiger partial charge in [-0.15, -0.1) is 0 Å². The molecule has 2 aliphatic heterocycles. The zero-order chi connectivity index (χ0) is 21.3. The monoisotopic (exact) mass is 416 g/mol. The zero-order valence-electron chi connectivity index (χ0n) is 19.7. The van der Waals surface area contributed by atoms with Crippen LogP contribution in [0.15, 0.2) is 0 Å². The predicted octanol–water partition coefficient (Wildman–Crippen LogP) is 4.71. The van der Waals surface area contributed by atoms with Gasteiger partial charge in [-0.1, -0.05) is 20.8 Å². The molecule has 0 unspecified atom stereocenters. The van der Waals surface area contributed by atoms with Gasteiger partial charge in [0.1, 0.15) is 11.6 Å². The highest BCUT2D eigenvalue weighted by Gasteiger charge is 2.49. The van der Waals surface area contributed by atoms with E-state index in [0.29, 0.717) is 28.9 Å². The Balaban J connectivity index is 1.20. The first kappa shape index (κ1) is 22.5. The molecule has 2 heterocycles. The fourth-order valence-corrected chi connectivity index (χ4v) is 7.10. The highest BCUT2D eigenvalue weighted by atomic mass is 16.1. The third-order valence-corrected chi connectivity index (χ3v) is 9.14. The number of carbonyl (C=O) groups excluding carboxylic acids is 2. The minimum Gasteiger partial charge on any atom is -0.300 e. The van der Waals surface area contributed by atoms with Gasteiger partial charge in [0.15, 0.2) is 0 Å². The molecule has 2 aliphatic carbocycles. The van der Waals surface area contributed by atoms with E-state index in [2.05, 4.69) is 23.6 Å². The van der Waals surface area contributed by atoms with E-state index < -0.39 is 0 Å². The van der Waals surface area contributed by atoms with Gasteiger partial charge in [-0.2, -0.15) is 0 Å². The van der Waals surface area contributed by atoms with E-state index in [1.165, 1.54) is 64.6 Å². The van der Waals surface area contributed by atoms with Crippen molar-refractivity contribution in [3.05, 3.63) is 0 Å². The van der Waals surface area contributed by atoms with Crippen molar-refractivity contribution in [3.8, 4) is 0 Å². The van der Waals surface area contributed by atoms with Crippen molar-refractivity contribution >= 4 is 11.6 Å². The minimum absolute atomic E-state index is 0.179. The number of hydrogen-bond acceptors (Lipinski definition) is 4. The van der Waals surface area contributed by atoms with E-state index in [1.54, 1.807) is 0 Å². The molecule has 0 aromatic heterocycles. The first-order valence-corrected chi connectivity index (χ1v) is 13.0. The predicted molar refractivity (Wildman–Crippen MR) is 121 cm³/mol. The van der Waals surface area contributed by atoms with Crippen molar-refractivity contribution in [2.75, 3.05) is 26.2 Å². The highest BCUT2D eigenvalue weighted by Crippen LogP contribution is 2.54. The van der Waals surface area contributed by atoms with Crippen LogP contribution >= 0.6 is 0 Å². The van der Waals surface area contributed by atoms with Crippen molar-refractivity contribution < 1.29 is 9.59 Å². The van der Waals surface area contributed by atoms with E-state index in [-0.39, 0.29) is 11.8 Å². The maximum atomic E-state index is 12.5. The third kappa shape index (κ3) is 4.70. The molecule has 0 aromatic rings. The first-order chi connectivity index (χ1) is 14.4. The van der Waals surface area contributed by atoms with Gasteiger partial charge >= 0.3 is 0 Å². The second kappa shape index (κ2) is 9.40. The van der Waals surface area contributed by atoms with Gasteiger partial charge in [-0.3, -0.25) is 14.5 Å². The van der Waals surface area contributed by atoms with E-state index in [4.69, 9.17) is 0 Å². The van der Waals surface area contributed by atoms with Crippen LogP contribution in [-0.2, 0) is 9.59 Å². The van der Waals surface area contributed by atoms with Crippen molar-refractivity contribution in [3.63, 3.8) is 0 Å². The van der Waals surface area contributed by atoms with Crippen molar-refractivity contribution in [2.24, 2.45) is 23.2 Å². The van der Waals surface area contributed by atoms with Crippen LogP contribution in [0.2, 0.25) is 0 Å². The highest BCUT2D eigenvalue weighted by molar-refractivity contribution is 5.83. The first-order valence-electron chi connectivity index (χ1n) is 13.0. The lowest BCUT2D eigenvalue weighted by Crippen LogP contribution is -2.56. The summed E-state index contributed by atoms with van der Waals surface area (Å²) in [5, 5.41) is 0. The maximum absolute atomic E-state index is 12.5. The molecule has 4 rings (SSSR count). The van der Waals surface area contributed by atoms with Gasteiger partial charge in [0.2, 0.25) is 0 Å². The number of rotatable bonds is 6. The van der Waals surface area contributed by atoms with Crippen LogP contribution in [-0.4, -0.2) is 59.6 Å². The topological polar surface area (TPSA) is 40.6 Å². The molecule has 1 atom stereocenters. The molecule has 4 nitrogen and oxygen atoms in total. The van der Waals surface area contributed by atoms with Crippen molar-refractivity contribution in [1.29, 1.82) is 0 Å². The van der Waals surface area contributed by atoms with E-state index in [1.807, 2.05) is 6.92 Å². The summed E-state index contributed by atoms with van der Waals surface area (Å²) >= 11 is 0. The van der Waals surface area contributed by atoms with Crippen LogP contribution in [0.4, 0.5) is 0 Å². The van der Waals surface area contributed by atoms with Gasteiger partial charge in [0.25, 0.3) is 0 Å². The Labute approximate surface area is 184 Å². The molecule has 2 saturated heterocycles. The standard InChI is InChI=1S/C26H44N2O2/c1-4-24(29)20-7-11-26(12-8-20)16-23(17-26)27-14-9-22(10-15-27)28-13-5-6-21(18-28)25(30)19(2)3/h19-23H,4-18H2,1-3H3/t20?,21-,23?,26?/m0/s1. The summed E-state index contributed by atoms with van der Waals surface area (Å²) in [5.74, 6) is 1.80. The lowest BCUT2D eigenvalue weighted by molar-refractivity contribution is -0.128. The number of carbonyl (C=O) groups is 2. The number of ketones is 2. The van der Waals surface area contributed by atoms with Crippen LogP contribution in [0.5, 0.6) is 0 Å². The lowest BCUT2D eigenvalue weighted by atomic mass is 9.56. The Kier molecular flexibility index (Phi) is 7.04. The number of hydrogen-bond donors (Lipinski definition) is 0. The second-order valence-corrected chi connectivity index (χ2v) is 11.3. The zero-order valence-corrected chi connectivity index (χ0v) is 19.7. The van der Waals surface area contributed by atoms with E-state index in [9.17, 15) is 9.59 Å². The van der Waals surface area contributed by atoms with Crippen molar-refractivity contribution in [2.45, 2.75) is 103 Å². The average Bonchev–Trinajstić information content (AvgIpc) is 2.76. The summed E-state index contributed by atoms with van der Waals surface area (Å²) in [6.45, 7) is 10.8. The van der Waals surface area contributed by atoms with Crippen LogP contribution in [0.3, 0.4) is 0 Å². The molecule has 2 saturated carbocycles. The molecule has 0 aromatic carbocycles. The maximum Gasteiger partial charge on any atom is 0.139 e. The quantitative estimate of drug-likeness (QED) is 0.629. The fourth-order valence-electron chi connectivity index (χ4n) is 7.10. The lowest BCUT2D eigenvalue weighted by Gasteiger charge is -2.56. The molecule has 4 fully saturated rings. The summed E-state index contributed by atoms with van der Waals surface area (Å²) < 4.78 is 0. The van der Waals surface area contributed by atoms with Crippen molar-refractivity contribution in [1.82, 2.24) is 9.80 Å². The molecular weight excluding hydrogens is 372 g/mol. The largest absolute Gasteiger partial charge is 0.300 e. The van der Waals surface area contributed by atoms with E-state index in [0.717, 1.165) is 38.3 Å². The van der Waals surface area contributed by atoms with Gasteiger partial charge in [0.05, 0.1) is 0 Å². The van der Waals surface area contributed by atoms with Gasteiger partial charge in [-0.25, -0.2) is 0 Å². The second-order valence-electron chi connectivity index (χ2n) is 11.3. The molecular formula is C26H44N2O2. The molecule has 4 aliphatic rings. The summed E-state index contributed by atoms with van der Waals surface area (Å²) in [4.78, 5) is 29.9. The number of piperidine rings is 2. The number of likely N-dealkylation sites (tertiary alicyclic amines) is 2. The normalized spacial score (nSPS) is 36.7. The molecule has 4 heteroatoms. The number of nitrogens with zero attached hydrogens (tertiary/aromatic N) is 2. The third-order valence-electron chi connectivity index (χ3n) is 9.14. The van der Waals surface area contributed by atoms with Crippen LogP contribution in [0, 0.1) is 23.2 Å². The van der Waals surface area contributed by atoms with Crippen LogP contribution < -0.4 is 0 Å². The van der Waals surface area contributed by atoms with E-state index >= 15 is 0 Å². The molecule has 0 radical (unpaired) electrons. The fraction of sp³-hybridized carbons (Fsp3) is 0.923. The van der Waals surface area contributed by atoms with Crippen LogP contribution in [0.25, 0.3) is 0 Å². The van der Waals surface area contributed by atoms with Gasteiger partial charge in [-0.05, 0) is 89.3 Å². The molecule has 30 heavy (non-hydrogen) atoms. The average molecular weight is 417 g/mol. The molecule has 170 valence electrons. The SMILES string of the molecule is CCC(=O)C1CCC2(CC1)CC(N1CCC(N3CCC[C@H](C(=O)C(C)C)C3)CC1)C2. The van der Waals surface area contributed by atoms with Gasteiger partial charge in [0, 0.05) is 42.8 Å². The summed E-state index contributed by atoms with van der Waals surface area (Å²) in [6.07, 6.45) is 13.2. The Bertz CT molecular complexity index is 607. The molecule has 0 amide bonds. The van der Waals surface area contributed by atoms with Gasteiger partial charge < -0.3 is 4.90 Å². The molecule has 1 spiro atoms. The summed E-state index contributed by atoms with van der Waals surface area (Å²) in [5.41, 5.74) is 0.573. The molecule has 0 bridgehead atoms. The Morgan fingerprint density at radius 1 is 0.867 bits per heavy atom. The number of Topliss-reactive ketones (excluding diaryl/α,β-unsaturated/α-hetero) is 2. The summed E-state index contributed by atoms with van der Waals surface area (Å²) in [7, 11) is 0. The smallest absolute Gasteiger partial charge is 0.139 e. The minimum atomic E-state index is 0.179. The Morgan fingerprint density at radius 3 is 2.13 bits per heavy atom. The molecule has 0 N–H and O–H groups in total. The van der Waals surface area contributed by atoms with Crippen LogP contribution in [0.1, 0.15) is 91.4 Å². The Hall–Kier alpha value is -0.740.